The van der Waals surface area contributed by atoms with Crippen molar-refractivity contribution in [1.29, 1.82) is 0 Å². The lowest BCUT2D eigenvalue weighted by molar-refractivity contribution is -0.132. The van der Waals surface area contributed by atoms with Gasteiger partial charge in [0.15, 0.2) is 0 Å². The fourth-order valence-corrected chi connectivity index (χ4v) is 4.15. The van der Waals surface area contributed by atoms with Crippen LogP contribution in [-0.4, -0.2) is 52.8 Å². The van der Waals surface area contributed by atoms with E-state index in [0.717, 1.165) is 50.3 Å². The van der Waals surface area contributed by atoms with Crippen LogP contribution in [0.25, 0.3) is 0 Å². The van der Waals surface area contributed by atoms with E-state index in [9.17, 15) is 9.59 Å². The predicted molar refractivity (Wildman–Crippen MR) is 110 cm³/mol. The lowest BCUT2D eigenvalue weighted by atomic mass is 9.87. The number of aromatic nitrogens is 2. The van der Waals surface area contributed by atoms with Crippen LogP contribution in [-0.2, 0) is 16.9 Å². The summed E-state index contributed by atoms with van der Waals surface area (Å²) >= 11 is 0. The third-order valence-electron chi connectivity index (χ3n) is 5.82. The van der Waals surface area contributed by atoms with E-state index in [1.54, 1.807) is 10.9 Å². The number of carbonyl (C=O) groups excluding carboxylic acids is 2. The molecule has 2 fully saturated rings. The number of urea groups is 1. The third kappa shape index (κ3) is 4.27. The summed E-state index contributed by atoms with van der Waals surface area (Å²) in [5.74, 6) is -0.0193. The first-order chi connectivity index (χ1) is 14.2. The van der Waals surface area contributed by atoms with Crippen LogP contribution in [0.5, 0.6) is 0 Å². The van der Waals surface area contributed by atoms with Crippen LogP contribution in [0.15, 0.2) is 42.7 Å². The average Bonchev–Trinajstić information content (AvgIpc) is 3.47. The molecule has 2 aromatic rings. The van der Waals surface area contributed by atoms with E-state index in [0.29, 0.717) is 19.4 Å². The summed E-state index contributed by atoms with van der Waals surface area (Å²) in [4.78, 5) is 27.3. The molecule has 1 aromatic heterocycles. The summed E-state index contributed by atoms with van der Waals surface area (Å²) < 4.78 is 1.79. The van der Waals surface area contributed by atoms with Gasteiger partial charge in [0.25, 0.3) is 0 Å². The molecule has 2 aliphatic rings. The summed E-state index contributed by atoms with van der Waals surface area (Å²) in [6.45, 7) is 3.59. The summed E-state index contributed by atoms with van der Waals surface area (Å²) in [6.07, 6.45) is 7.10. The molecule has 3 amide bonds. The molecule has 2 saturated heterocycles. The van der Waals surface area contributed by atoms with Crippen molar-refractivity contribution in [2.75, 3.05) is 31.5 Å². The van der Waals surface area contributed by atoms with Gasteiger partial charge in [-0.2, -0.15) is 5.10 Å². The molecule has 0 aliphatic carbocycles. The van der Waals surface area contributed by atoms with E-state index >= 15 is 0 Å². The Morgan fingerprint density at radius 2 is 1.93 bits per heavy atom. The SMILES string of the molecule is O=C(Nc1cccc(CNC(=O)C2(n3cccn3)CCNCC2)c1)N1CCCC1. The van der Waals surface area contributed by atoms with Gasteiger partial charge in [0.2, 0.25) is 5.91 Å². The van der Waals surface area contributed by atoms with Crippen molar-refractivity contribution < 1.29 is 9.59 Å². The van der Waals surface area contributed by atoms with E-state index in [1.807, 2.05) is 41.4 Å². The van der Waals surface area contributed by atoms with Crippen molar-refractivity contribution in [2.45, 2.75) is 37.8 Å². The van der Waals surface area contributed by atoms with Crippen molar-refractivity contribution in [3.8, 4) is 0 Å². The average molecular weight is 396 g/mol. The van der Waals surface area contributed by atoms with Gasteiger partial charge in [0.1, 0.15) is 5.54 Å². The number of piperidine rings is 1. The van der Waals surface area contributed by atoms with Crippen molar-refractivity contribution in [1.82, 2.24) is 25.3 Å². The second-order valence-corrected chi connectivity index (χ2v) is 7.74. The van der Waals surface area contributed by atoms with Gasteiger partial charge in [0.05, 0.1) is 0 Å². The topological polar surface area (TPSA) is 91.3 Å². The summed E-state index contributed by atoms with van der Waals surface area (Å²) in [5, 5.41) is 13.7. The van der Waals surface area contributed by atoms with E-state index in [1.165, 1.54) is 0 Å². The third-order valence-corrected chi connectivity index (χ3v) is 5.82. The zero-order valence-corrected chi connectivity index (χ0v) is 16.6. The molecule has 3 heterocycles. The van der Waals surface area contributed by atoms with Crippen LogP contribution >= 0.6 is 0 Å². The number of hydrogen-bond donors (Lipinski definition) is 3. The van der Waals surface area contributed by atoms with Crippen molar-refractivity contribution in [3.63, 3.8) is 0 Å². The van der Waals surface area contributed by atoms with E-state index < -0.39 is 5.54 Å². The van der Waals surface area contributed by atoms with E-state index in [2.05, 4.69) is 21.0 Å². The molecule has 0 unspecified atom stereocenters. The van der Waals surface area contributed by atoms with Crippen LogP contribution < -0.4 is 16.0 Å². The van der Waals surface area contributed by atoms with Crippen LogP contribution in [0.2, 0.25) is 0 Å². The first kappa shape index (κ1) is 19.4. The molecule has 2 aliphatic heterocycles. The number of hydrogen-bond acceptors (Lipinski definition) is 4. The van der Waals surface area contributed by atoms with Crippen molar-refractivity contribution in [3.05, 3.63) is 48.3 Å². The highest BCUT2D eigenvalue weighted by molar-refractivity contribution is 5.89. The fourth-order valence-electron chi connectivity index (χ4n) is 4.15. The second kappa shape index (κ2) is 8.65. The number of amides is 3. The highest BCUT2D eigenvalue weighted by Crippen LogP contribution is 2.27. The minimum atomic E-state index is -0.656. The molecule has 1 aromatic carbocycles. The largest absolute Gasteiger partial charge is 0.350 e. The predicted octanol–water partition coefficient (Wildman–Crippen LogP) is 1.91. The molecule has 4 rings (SSSR count). The molecule has 0 saturated carbocycles. The summed E-state index contributed by atoms with van der Waals surface area (Å²) in [5.41, 5.74) is 1.04. The maximum absolute atomic E-state index is 13.2. The van der Waals surface area contributed by atoms with Gasteiger partial charge in [-0.25, -0.2) is 4.79 Å². The quantitative estimate of drug-likeness (QED) is 0.720. The van der Waals surface area contributed by atoms with Crippen LogP contribution in [0.1, 0.15) is 31.2 Å². The molecule has 0 bridgehead atoms. The van der Waals surface area contributed by atoms with E-state index in [-0.39, 0.29) is 11.9 Å². The summed E-state index contributed by atoms with van der Waals surface area (Å²) in [6, 6.07) is 9.43. The number of likely N-dealkylation sites (tertiary alicyclic amines) is 1. The Balaban J connectivity index is 1.40. The highest BCUT2D eigenvalue weighted by Gasteiger charge is 2.41. The first-order valence-corrected chi connectivity index (χ1v) is 10.3. The van der Waals surface area contributed by atoms with Gasteiger partial charge in [-0.3, -0.25) is 9.48 Å². The van der Waals surface area contributed by atoms with Gasteiger partial charge in [-0.05, 0) is 62.5 Å². The number of anilines is 1. The smallest absolute Gasteiger partial charge is 0.321 e. The number of nitrogens with one attached hydrogen (secondary N) is 3. The van der Waals surface area contributed by atoms with Gasteiger partial charge in [0, 0.05) is 37.7 Å². The normalized spacial score (nSPS) is 18.4. The van der Waals surface area contributed by atoms with E-state index in [4.69, 9.17) is 0 Å². The number of nitrogens with zero attached hydrogens (tertiary/aromatic N) is 3. The van der Waals surface area contributed by atoms with Gasteiger partial charge >= 0.3 is 6.03 Å². The lowest BCUT2D eigenvalue weighted by Crippen LogP contribution is -2.54. The Kier molecular flexibility index (Phi) is 5.80. The summed E-state index contributed by atoms with van der Waals surface area (Å²) in [7, 11) is 0. The molecule has 0 atom stereocenters. The molecule has 8 nitrogen and oxygen atoms in total. The Labute approximate surface area is 170 Å². The minimum Gasteiger partial charge on any atom is -0.350 e. The standard InChI is InChI=1S/C21H28N6O2/c28-19(21(7-10-22-11-8-21)27-14-4-9-24-27)23-16-17-5-3-6-18(15-17)25-20(29)26-12-1-2-13-26/h3-6,9,14-15,22H,1-2,7-8,10-13,16H2,(H,23,28)(H,25,29). The molecule has 0 spiro atoms. The molecular weight excluding hydrogens is 368 g/mol. The molecule has 154 valence electrons. The monoisotopic (exact) mass is 396 g/mol. The molecule has 3 N–H and O–H groups in total. The first-order valence-electron chi connectivity index (χ1n) is 10.3. The zero-order chi connectivity index (χ0) is 20.1. The van der Waals surface area contributed by atoms with Gasteiger partial charge in [-0.1, -0.05) is 12.1 Å². The van der Waals surface area contributed by atoms with Gasteiger partial charge < -0.3 is 20.9 Å². The van der Waals surface area contributed by atoms with Crippen molar-refractivity contribution in [2.24, 2.45) is 0 Å². The van der Waals surface area contributed by atoms with Crippen LogP contribution in [0.4, 0.5) is 10.5 Å². The highest BCUT2D eigenvalue weighted by atomic mass is 16.2. The number of carbonyl (C=O) groups is 2. The zero-order valence-electron chi connectivity index (χ0n) is 16.6. The Morgan fingerprint density at radius 1 is 1.14 bits per heavy atom. The minimum absolute atomic E-state index is 0.0193. The lowest BCUT2D eigenvalue weighted by Gasteiger charge is -2.36. The molecular formula is C21H28N6O2. The molecule has 29 heavy (non-hydrogen) atoms. The Hall–Kier alpha value is -2.87. The molecule has 0 radical (unpaired) electrons. The Bertz CT molecular complexity index is 839. The second-order valence-electron chi connectivity index (χ2n) is 7.74. The van der Waals surface area contributed by atoms with Crippen LogP contribution in [0, 0.1) is 0 Å². The Morgan fingerprint density at radius 3 is 2.66 bits per heavy atom. The molecule has 8 heteroatoms. The maximum Gasteiger partial charge on any atom is 0.321 e. The number of rotatable bonds is 5. The van der Waals surface area contributed by atoms with Gasteiger partial charge in [-0.15, -0.1) is 0 Å². The fraction of sp³-hybridized carbons (Fsp3) is 0.476. The van der Waals surface area contributed by atoms with Crippen molar-refractivity contribution >= 4 is 17.6 Å². The number of benzene rings is 1. The van der Waals surface area contributed by atoms with Crippen LogP contribution in [0.3, 0.4) is 0 Å². The maximum atomic E-state index is 13.2.